The van der Waals surface area contributed by atoms with E-state index in [0.29, 0.717) is 23.9 Å². The number of likely N-dealkylation sites (tertiary alicyclic amines) is 1. The van der Waals surface area contributed by atoms with Crippen LogP contribution >= 0.6 is 11.6 Å². The average molecular weight is 391 g/mol. The predicted molar refractivity (Wildman–Crippen MR) is 107 cm³/mol. The van der Waals surface area contributed by atoms with Crippen molar-refractivity contribution in [2.45, 2.75) is 19.3 Å². The number of likely N-dealkylation sites (N-methyl/N-ethyl adjacent to an activating group) is 1. The number of carbonyl (C=O) groups excluding carboxylic acids is 2. The predicted octanol–water partition coefficient (Wildman–Crippen LogP) is 2.29. The molecule has 1 aromatic rings. The van der Waals surface area contributed by atoms with Gasteiger partial charge in [-0.1, -0.05) is 11.6 Å². The van der Waals surface area contributed by atoms with Gasteiger partial charge in [-0.25, -0.2) is 0 Å². The first-order chi connectivity index (χ1) is 13.0. The third kappa shape index (κ3) is 4.38. The van der Waals surface area contributed by atoms with Crippen molar-refractivity contribution in [1.82, 2.24) is 9.80 Å². The fraction of sp³-hybridized carbons (Fsp3) is 0.600. The van der Waals surface area contributed by atoms with Crippen molar-refractivity contribution >= 4 is 34.8 Å². The van der Waals surface area contributed by atoms with E-state index in [-0.39, 0.29) is 17.7 Å². The molecule has 3 fully saturated rings. The number of amides is 2. The van der Waals surface area contributed by atoms with E-state index in [1.807, 2.05) is 23.1 Å². The molecule has 146 valence electrons. The molecular formula is C20H27ClN4O2. The number of carbonyl (C=O) groups is 2. The number of nitrogens with zero attached hydrogens (tertiary/aromatic N) is 3. The van der Waals surface area contributed by atoms with Crippen molar-refractivity contribution in [2.75, 3.05) is 56.5 Å². The molecule has 2 saturated heterocycles. The maximum Gasteiger partial charge on any atom is 0.229 e. The number of anilines is 2. The summed E-state index contributed by atoms with van der Waals surface area (Å²) in [6.07, 6.45) is 2.72. The molecule has 6 nitrogen and oxygen atoms in total. The van der Waals surface area contributed by atoms with Crippen LogP contribution < -0.4 is 10.2 Å². The maximum absolute atomic E-state index is 12.8. The smallest absolute Gasteiger partial charge is 0.229 e. The molecule has 3 aliphatic rings. The summed E-state index contributed by atoms with van der Waals surface area (Å²) in [4.78, 5) is 31.5. The highest BCUT2D eigenvalue weighted by atomic mass is 35.5. The van der Waals surface area contributed by atoms with Crippen LogP contribution in [0.25, 0.3) is 0 Å². The molecule has 2 heterocycles. The Kier molecular flexibility index (Phi) is 5.28. The highest BCUT2D eigenvalue weighted by molar-refractivity contribution is 6.31. The van der Waals surface area contributed by atoms with Crippen LogP contribution in [0.15, 0.2) is 18.2 Å². The van der Waals surface area contributed by atoms with E-state index >= 15 is 0 Å². The summed E-state index contributed by atoms with van der Waals surface area (Å²) in [5.41, 5.74) is 1.74. The largest absolute Gasteiger partial charge is 0.367 e. The second-order valence-corrected chi connectivity index (χ2v) is 8.52. The minimum atomic E-state index is -0.282. The standard InChI is InChI=1S/C20H27ClN4O2/c1-23-6-8-24(9-7-23)18-5-4-16(21)11-17(18)22-20(27)15-10-19(26)25(13-15)12-14-2-3-14/h4-5,11,14-15H,2-3,6-10,12-13H2,1H3,(H,22,27). The summed E-state index contributed by atoms with van der Waals surface area (Å²) in [6.45, 7) is 5.15. The fourth-order valence-electron chi connectivity index (χ4n) is 3.90. The van der Waals surface area contributed by atoms with Crippen molar-refractivity contribution in [3.8, 4) is 0 Å². The number of piperazine rings is 1. The Morgan fingerprint density at radius 3 is 2.67 bits per heavy atom. The highest BCUT2D eigenvalue weighted by Gasteiger charge is 2.37. The molecule has 7 heteroatoms. The van der Waals surface area contributed by atoms with E-state index < -0.39 is 0 Å². The van der Waals surface area contributed by atoms with Crippen LogP contribution in [-0.2, 0) is 9.59 Å². The van der Waals surface area contributed by atoms with Gasteiger partial charge in [-0.15, -0.1) is 0 Å². The molecule has 27 heavy (non-hydrogen) atoms. The lowest BCUT2D eigenvalue weighted by Gasteiger charge is -2.35. The molecule has 2 aliphatic heterocycles. The van der Waals surface area contributed by atoms with Gasteiger partial charge >= 0.3 is 0 Å². The molecule has 0 spiro atoms. The SMILES string of the molecule is CN1CCN(c2ccc(Cl)cc2NC(=O)C2CC(=O)N(CC3CC3)C2)CC1. The zero-order valence-corrected chi connectivity index (χ0v) is 16.5. The number of halogens is 1. The molecule has 2 amide bonds. The first-order valence-corrected chi connectivity index (χ1v) is 10.2. The monoisotopic (exact) mass is 390 g/mol. The Bertz CT molecular complexity index is 729. The summed E-state index contributed by atoms with van der Waals surface area (Å²) in [5.74, 6) is 0.384. The van der Waals surface area contributed by atoms with Crippen LogP contribution in [0.1, 0.15) is 19.3 Å². The lowest BCUT2D eigenvalue weighted by molar-refractivity contribution is -0.128. The zero-order valence-electron chi connectivity index (χ0n) is 15.8. The molecule has 1 atom stereocenters. The first kappa shape index (κ1) is 18.6. The van der Waals surface area contributed by atoms with E-state index in [4.69, 9.17) is 11.6 Å². The van der Waals surface area contributed by atoms with Gasteiger partial charge in [0.2, 0.25) is 11.8 Å². The Balaban J connectivity index is 1.44. The number of benzene rings is 1. The van der Waals surface area contributed by atoms with Gasteiger partial charge in [0.05, 0.1) is 17.3 Å². The van der Waals surface area contributed by atoms with Gasteiger partial charge in [0, 0.05) is 50.7 Å². The normalized spacial score (nSPS) is 23.8. The number of hydrogen-bond acceptors (Lipinski definition) is 4. The molecule has 4 rings (SSSR count). The number of rotatable bonds is 5. The zero-order chi connectivity index (χ0) is 19.0. The highest BCUT2D eigenvalue weighted by Crippen LogP contribution is 2.33. The molecular weight excluding hydrogens is 364 g/mol. The van der Waals surface area contributed by atoms with Crippen molar-refractivity contribution in [3.05, 3.63) is 23.2 Å². The number of hydrogen-bond donors (Lipinski definition) is 1. The molecule has 1 aliphatic carbocycles. The first-order valence-electron chi connectivity index (χ1n) is 9.81. The van der Waals surface area contributed by atoms with Gasteiger partial charge < -0.3 is 20.0 Å². The van der Waals surface area contributed by atoms with Crippen LogP contribution in [0.5, 0.6) is 0 Å². The van der Waals surface area contributed by atoms with Crippen LogP contribution in [0, 0.1) is 11.8 Å². The minimum absolute atomic E-state index is 0.0840. The second kappa shape index (κ2) is 7.68. The number of nitrogens with one attached hydrogen (secondary N) is 1. The van der Waals surface area contributed by atoms with Gasteiger partial charge in [0.1, 0.15) is 0 Å². The lowest BCUT2D eigenvalue weighted by Crippen LogP contribution is -2.44. The van der Waals surface area contributed by atoms with Gasteiger partial charge in [-0.05, 0) is 44.0 Å². The Labute approximate surface area is 165 Å². The molecule has 1 aromatic carbocycles. The van der Waals surface area contributed by atoms with E-state index in [1.165, 1.54) is 12.8 Å². The van der Waals surface area contributed by atoms with Crippen LogP contribution in [0.3, 0.4) is 0 Å². The van der Waals surface area contributed by atoms with Crippen LogP contribution in [-0.4, -0.2) is 67.9 Å². The third-order valence-corrected chi connectivity index (χ3v) is 6.06. The second-order valence-electron chi connectivity index (χ2n) is 8.08. The quantitative estimate of drug-likeness (QED) is 0.838. The van der Waals surface area contributed by atoms with Crippen LogP contribution in [0.4, 0.5) is 11.4 Å². The molecule has 1 unspecified atom stereocenters. The third-order valence-electron chi connectivity index (χ3n) is 5.82. The summed E-state index contributed by atoms with van der Waals surface area (Å²) >= 11 is 6.19. The van der Waals surface area contributed by atoms with E-state index in [0.717, 1.165) is 44.1 Å². The summed E-state index contributed by atoms with van der Waals surface area (Å²) in [6, 6.07) is 5.65. The van der Waals surface area contributed by atoms with Crippen molar-refractivity contribution < 1.29 is 9.59 Å². The Hall–Kier alpha value is -1.79. The summed E-state index contributed by atoms with van der Waals surface area (Å²) in [7, 11) is 2.12. The fourth-order valence-corrected chi connectivity index (χ4v) is 4.07. The van der Waals surface area contributed by atoms with Gasteiger partial charge in [-0.2, -0.15) is 0 Å². The van der Waals surface area contributed by atoms with Crippen LogP contribution in [0.2, 0.25) is 5.02 Å². The molecule has 0 radical (unpaired) electrons. The Morgan fingerprint density at radius 2 is 1.96 bits per heavy atom. The maximum atomic E-state index is 12.8. The molecule has 0 bridgehead atoms. The topological polar surface area (TPSA) is 55.9 Å². The summed E-state index contributed by atoms with van der Waals surface area (Å²) < 4.78 is 0. The van der Waals surface area contributed by atoms with Gasteiger partial charge in [0.25, 0.3) is 0 Å². The Morgan fingerprint density at radius 1 is 1.22 bits per heavy atom. The van der Waals surface area contributed by atoms with E-state index in [2.05, 4.69) is 22.2 Å². The van der Waals surface area contributed by atoms with Crippen molar-refractivity contribution in [3.63, 3.8) is 0 Å². The van der Waals surface area contributed by atoms with E-state index in [9.17, 15) is 9.59 Å². The molecule has 1 N–H and O–H groups in total. The minimum Gasteiger partial charge on any atom is -0.367 e. The summed E-state index contributed by atoms with van der Waals surface area (Å²) in [5, 5.41) is 3.65. The van der Waals surface area contributed by atoms with Gasteiger partial charge in [0.15, 0.2) is 0 Å². The molecule has 0 aromatic heterocycles. The van der Waals surface area contributed by atoms with Crippen molar-refractivity contribution in [2.24, 2.45) is 11.8 Å². The lowest BCUT2D eigenvalue weighted by atomic mass is 10.1. The van der Waals surface area contributed by atoms with Crippen molar-refractivity contribution in [1.29, 1.82) is 0 Å². The van der Waals surface area contributed by atoms with E-state index in [1.54, 1.807) is 0 Å². The average Bonchev–Trinajstić information content (AvgIpc) is 3.38. The van der Waals surface area contributed by atoms with Gasteiger partial charge in [-0.3, -0.25) is 9.59 Å². The molecule has 1 saturated carbocycles.